The highest BCUT2D eigenvalue weighted by Gasteiger charge is 1.94. The maximum absolute atomic E-state index is 5.63. The van der Waals surface area contributed by atoms with Gasteiger partial charge in [-0.2, -0.15) is 0 Å². The van der Waals surface area contributed by atoms with Crippen LogP contribution in [0.2, 0.25) is 0 Å². The first-order valence-corrected chi connectivity index (χ1v) is 4.51. The van der Waals surface area contributed by atoms with Gasteiger partial charge in [0.1, 0.15) is 13.4 Å². The van der Waals surface area contributed by atoms with E-state index in [4.69, 9.17) is 32.2 Å². The molecule has 3 nitrogen and oxygen atoms in total. The maximum Gasteiger partial charge on any atom is 0.146 e. The predicted molar refractivity (Wildman–Crippen MR) is 51.7 cm³/mol. The summed E-state index contributed by atoms with van der Waals surface area (Å²) in [5.74, 6) is 2.36. The first-order valence-electron chi connectivity index (χ1n) is 4.08. The van der Waals surface area contributed by atoms with Crippen LogP contribution in [0.5, 0.6) is 0 Å². The average molecular weight is 207 g/mol. The minimum atomic E-state index is 0.0151. The van der Waals surface area contributed by atoms with E-state index in [-0.39, 0.29) is 12.2 Å². The molecule has 4 heteroatoms. The van der Waals surface area contributed by atoms with Crippen LogP contribution in [-0.4, -0.2) is 38.6 Å². The fraction of sp³-hybridized carbons (Fsp3) is 0.778. The minimum Gasteiger partial charge on any atom is -0.366 e. The standard InChI is InChI=1S/C9H15ClO3/c1-3-4-11-5-6-12-8-13-7-9(2)10/h1,9H,4-8H2,2H3. The van der Waals surface area contributed by atoms with Crippen LogP contribution in [0.4, 0.5) is 0 Å². The smallest absolute Gasteiger partial charge is 0.146 e. The van der Waals surface area contributed by atoms with E-state index in [1.165, 1.54) is 0 Å². The summed E-state index contributed by atoms with van der Waals surface area (Å²) in [6.07, 6.45) is 4.97. The van der Waals surface area contributed by atoms with Crippen LogP contribution in [-0.2, 0) is 14.2 Å². The average Bonchev–Trinajstić information content (AvgIpc) is 2.09. The SMILES string of the molecule is C#CCOCCOCOCC(C)Cl. The van der Waals surface area contributed by atoms with E-state index in [2.05, 4.69) is 5.92 Å². The molecule has 0 aliphatic rings. The second-order valence-electron chi connectivity index (χ2n) is 2.43. The Labute approximate surface area is 84.3 Å². The summed E-state index contributed by atoms with van der Waals surface area (Å²) in [7, 11) is 0. The van der Waals surface area contributed by atoms with E-state index in [9.17, 15) is 0 Å². The molecule has 0 rings (SSSR count). The second kappa shape index (κ2) is 9.82. The minimum absolute atomic E-state index is 0.0151. The van der Waals surface area contributed by atoms with Gasteiger partial charge in [-0.3, -0.25) is 0 Å². The van der Waals surface area contributed by atoms with Crippen LogP contribution in [0, 0.1) is 12.3 Å². The third kappa shape index (κ3) is 11.7. The van der Waals surface area contributed by atoms with E-state index >= 15 is 0 Å². The van der Waals surface area contributed by atoms with Gasteiger partial charge >= 0.3 is 0 Å². The molecule has 0 N–H and O–H groups in total. The van der Waals surface area contributed by atoms with Gasteiger partial charge in [0.05, 0.1) is 25.2 Å². The number of hydrogen-bond acceptors (Lipinski definition) is 3. The molecule has 0 aliphatic carbocycles. The molecule has 13 heavy (non-hydrogen) atoms. The molecule has 0 spiro atoms. The van der Waals surface area contributed by atoms with Crippen molar-refractivity contribution in [1.82, 2.24) is 0 Å². The summed E-state index contributed by atoms with van der Waals surface area (Å²) in [5, 5.41) is 0.0151. The number of terminal acetylenes is 1. The molecule has 0 heterocycles. The van der Waals surface area contributed by atoms with Crippen LogP contribution in [0.1, 0.15) is 6.92 Å². The zero-order valence-corrected chi connectivity index (χ0v) is 8.55. The lowest BCUT2D eigenvalue weighted by molar-refractivity contribution is -0.0664. The zero-order valence-electron chi connectivity index (χ0n) is 7.79. The highest BCUT2D eigenvalue weighted by atomic mass is 35.5. The summed E-state index contributed by atoms with van der Waals surface area (Å²) in [6, 6.07) is 0. The normalized spacial score (nSPS) is 12.4. The quantitative estimate of drug-likeness (QED) is 0.259. The third-order valence-corrected chi connectivity index (χ3v) is 1.20. The molecule has 0 amide bonds. The lowest BCUT2D eigenvalue weighted by Crippen LogP contribution is -2.11. The molecular weight excluding hydrogens is 192 g/mol. The van der Waals surface area contributed by atoms with Crippen molar-refractivity contribution in [2.45, 2.75) is 12.3 Å². The van der Waals surface area contributed by atoms with Crippen LogP contribution in [0.3, 0.4) is 0 Å². The van der Waals surface area contributed by atoms with Gasteiger partial charge in [-0.25, -0.2) is 0 Å². The van der Waals surface area contributed by atoms with Crippen molar-refractivity contribution in [3.05, 3.63) is 0 Å². The molecule has 0 aromatic carbocycles. The van der Waals surface area contributed by atoms with Gasteiger partial charge in [-0.15, -0.1) is 18.0 Å². The Morgan fingerprint density at radius 3 is 2.62 bits per heavy atom. The summed E-state index contributed by atoms with van der Waals surface area (Å²) in [5.41, 5.74) is 0. The molecule has 0 aromatic heterocycles. The maximum atomic E-state index is 5.63. The Bertz CT molecular complexity index is 142. The summed E-state index contributed by atoms with van der Waals surface area (Å²) in [4.78, 5) is 0. The molecule has 1 atom stereocenters. The number of hydrogen-bond donors (Lipinski definition) is 0. The molecule has 1 unspecified atom stereocenters. The van der Waals surface area contributed by atoms with Gasteiger partial charge in [-0.05, 0) is 6.92 Å². The first-order chi connectivity index (χ1) is 6.27. The van der Waals surface area contributed by atoms with Gasteiger partial charge in [0.25, 0.3) is 0 Å². The highest BCUT2D eigenvalue weighted by molar-refractivity contribution is 6.20. The summed E-state index contributed by atoms with van der Waals surface area (Å²) >= 11 is 5.63. The Morgan fingerprint density at radius 2 is 2.00 bits per heavy atom. The fourth-order valence-electron chi connectivity index (χ4n) is 0.577. The van der Waals surface area contributed by atoms with Crippen LogP contribution in [0.25, 0.3) is 0 Å². The molecule has 0 saturated heterocycles. The van der Waals surface area contributed by atoms with Crippen molar-refractivity contribution in [1.29, 1.82) is 0 Å². The van der Waals surface area contributed by atoms with E-state index in [0.717, 1.165) is 0 Å². The Kier molecular flexibility index (Phi) is 9.61. The molecule has 76 valence electrons. The largest absolute Gasteiger partial charge is 0.366 e. The van der Waals surface area contributed by atoms with Crippen LogP contribution >= 0.6 is 11.6 Å². The lowest BCUT2D eigenvalue weighted by atomic mass is 10.5. The summed E-state index contributed by atoms with van der Waals surface area (Å²) in [6.45, 7) is 3.89. The second-order valence-corrected chi connectivity index (χ2v) is 3.18. The van der Waals surface area contributed by atoms with Crippen molar-refractivity contribution < 1.29 is 14.2 Å². The fourth-order valence-corrected chi connectivity index (χ4v) is 0.666. The number of alkyl halides is 1. The Morgan fingerprint density at radius 1 is 1.31 bits per heavy atom. The van der Waals surface area contributed by atoms with Crippen molar-refractivity contribution in [3.63, 3.8) is 0 Å². The monoisotopic (exact) mass is 206 g/mol. The van der Waals surface area contributed by atoms with Gasteiger partial charge in [0, 0.05) is 0 Å². The number of halogens is 1. The van der Waals surface area contributed by atoms with Gasteiger partial charge in [-0.1, -0.05) is 5.92 Å². The molecule has 0 aromatic rings. The van der Waals surface area contributed by atoms with Crippen molar-refractivity contribution >= 4 is 11.6 Å². The van der Waals surface area contributed by atoms with E-state index < -0.39 is 0 Å². The number of ether oxygens (including phenoxy) is 3. The molecule has 0 radical (unpaired) electrons. The molecular formula is C9H15ClO3. The molecule has 0 aliphatic heterocycles. The summed E-state index contributed by atoms with van der Waals surface area (Å²) < 4.78 is 15.1. The molecule has 0 fully saturated rings. The Hall–Kier alpha value is -0.270. The topological polar surface area (TPSA) is 27.7 Å². The van der Waals surface area contributed by atoms with Gasteiger partial charge in [0.2, 0.25) is 0 Å². The highest BCUT2D eigenvalue weighted by Crippen LogP contribution is 1.93. The number of rotatable bonds is 8. The first kappa shape index (κ1) is 12.7. The molecule has 0 bridgehead atoms. The van der Waals surface area contributed by atoms with E-state index in [1.807, 2.05) is 6.92 Å². The van der Waals surface area contributed by atoms with Crippen LogP contribution < -0.4 is 0 Å². The van der Waals surface area contributed by atoms with Crippen molar-refractivity contribution in [2.75, 3.05) is 33.2 Å². The zero-order chi connectivity index (χ0) is 9.94. The van der Waals surface area contributed by atoms with Crippen molar-refractivity contribution in [3.8, 4) is 12.3 Å². The van der Waals surface area contributed by atoms with Crippen molar-refractivity contribution in [2.24, 2.45) is 0 Å². The Balaban J connectivity index is 2.88. The molecule has 0 saturated carbocycles. The van der Waals surface area contributed by atoms with Gasteiger partial charge < -0.3 is 14.2 Å². The van der Waals surface area contributed by atoms with E-state index in [0.29, 0.717) is 26.4 Å². The predicted octanol–water partition coefficient (Wildman–Crippen LogP) is 1.25. The lowest BCUT2D eigenvalue weighted by Gasteiger charge is -2.06. The van der Waals surface area contributed by atoms with Crippen LogP contribution in [0.15, 0.2) is 0 Å². The van der Waals surface area contributed by atoms with Gasteiger partial charge in [0.15, 0.2) is 0 Å². The third-order valence-electron chi connectivity index (χ3n) is 1.07. The van der Waals surface area contributed by atoms with E-state index in [1.54, 1.807) is 0 Å².